The van der Waals surface area contributed by atoms with Crippen LogP contribution in [0.2, 0.25) is 0 Å². The zero-order chi connectivity index (χ0) is 16.1. The maximum atomic E-state index is 5.44. The predicted octanol–water partition coefficient (Wildman–Crippen LogP) is 0.662. The van der Waals surface area contributed by atoms with E-state index < -0.39 is 14.4 Å². The number of methoxy groups -OCH3 is 3. The van der Waals surface area contributed by atoms with Crippen molar-refractivity contribution in [3.8, 4) is 0 Å². The van der Waals surface area contributed by atoms with Crippen LogP contribution in [0.3, 0.4) is 0 Å². The smallest absolute Gasteiger partial charge is 0.371 e. The van der Waals surface area contributed by atoms with E-state index in [2.05, 4.69) is 6.58 Å². The van der Waals surface area contributed by atoms with Gasteiger partial charge in [0.1, 0.15) is 10.2 Å². The van der Waals surface area contributed by atoms with Crippen LogP contribution in [-0.4, -0.2) is 65.8 Å². The zero-order valence-electron chi connectivity index (χ0n) is 13.9. The van der Waals surface area contributed by atoms with Crippen molar-refractivity contribution in [3.63, 3.8) is 0 Å². The van der Waals surface area contributed by atoms with Gasteiger partial charge in [-0.25, -0.2) is 0 Å². The Morgan fingerprint density at radius 2 is 1.20 bits per heavy atom. The molecule has 0 aromatic carbocycles. The molecule has 0 saturated carbocycles. The highest BCUT2D eigenvalue weighted by molar-refractivity contribution is 6.66. The predicted molar refractivity (Wildman–Crippen MR) is 84.5 cm³/mol. The van der Waals surface area contributed by atoms with E-state index in [-0.39, 0.29) is 0 Å². The minimum absolute atomic E-state index is 0.595. The summed E-state index contributed by atoms with van der Waals surface area (Å²) in [7, 11) is 2.86. The summed E-state index contributed by atoms with van der Waals surface area (Å²) in [6.07, 6.45) is 0. The second-order valence-electron chi connectivity index (χ2n) is 3.58. The first-order valence-electron chi connectivity index (χ1n) is 6.63. The summed E-state index contributed by atoms with van der Waals surface area (Å²) in [6.45, 7) is 11.2. The van der Waals surface area contributed by atoms with E-state index in [1.54, 1.807) is 27.0 Å². The molecule has 0 amide bonds. The van der Waals surface area contributed by atoms with Crippen molar-refractivity contribution in [3.05, 3.63) is 12.3 Å². The summed E-state index contributed by atoms with van der Waals surface area (Å²) in [4.78, 5) is 0. The molecule has 8 heteroatoms. The Morgan fingerprint density at radius 3 is 1.30 bits per heavy atom. The molecule has 0 radical (unpaired) electrons. The largest absolute Gasteiger partial charge is 0.528 e. The van der Waals surface area contributed by atoms with Crippen LogP contribution in [0, 0.1) is 0 Å². The van der Waals surface area contributed by atoms with E-state index in [1.807, 2.05) is 20.8 Å². The highest BCUT2D eigenvalue weighted by atomic mass is 28.4. The molecule has 0 bridgehead atoms. The molecule has 0 heterocycles. The Bertz CT molecular complexity index is 211. The van der Waals surface area contributed by atoms with E-state index >= 15 is 0 Å². The normalized spacial score (nSPS) is 11.9. The third kappa shape index (κ3) is 8.98. The van der Waals surface area contributed by atoms with Gasteiger partial charge in [0.25, 0.3) is 0 Å². The lowest BCUT2D eigenvalue weighted by Crippen LogP contribution is -2.44. The Labute approximate surface area is 127 Å². The summed E-state index contributed by atoms with van der Waals surface area (Å²) in [5.74, 6) is 0. The molecule has 0 aromatic heterocycles. The molecule has 0 aromatic rings. The van der Waals surface area contributed by atoms with Crippen molar-refractivity contribution in [1.82, 2.24) is 0 Å². The topological polar surface area (TPSA) is 55.4 Å². The van der Waals surface area contributed by atoms with E-state index in [4.69, 9.17) is 27.5 Å². The molecule has 6 nitrogen and oxygen atoms in total. The van der Waals surface area contributed by atoms with Crippen molar-refractivity contribution >= 4 is 19.0 Å². The maximum absolute atomic E-state index is 5.44. The molecule has 0 spiro atoms. The summed E-state index contributed by atoms with van der Waals surface area (Å²) in [5, 5.41) is 0. The van der Waals surface area contributed by atoms with Gasteiger partial charge < -0.3 is 27.5 Å². The van der Waals surface area contributed by atoms with Crippen LogP contribution in [0.5, 0.6) is 0 Å². The van der Waals surface area contributed by atoms with Crippen molar-refractivity contribution in [2.75, 3.05) is 41.2 Å². The average molecular weight is 327 g/mol. The first kappa shape index (κ1) is 22.2. The molecule has 0 fully saturated rings. The third-order valence-electron chi connectivity index (χ3n) is 2.40. The molecule has 0 rings (SSSR count). The minimum atomic E-state index is -2.51. The van der Waals surface area contributed by atoms with Crippen LogP contribution < -0.4 is 0 Å². The van der Waals surface area contributed by atoms with Crippen molar-refractivity contribution < 1.29 is 27.5 Å². The van der Waals surface area contributed by atoms with Crippen molar-refractivity contribution in [2.45, 2.75) is 26.4 Å². The molecule has 122 valence electrons. The van der Waals surface area contributed by atoms with Gasteiger partial charge >= 0.3 is 8.80 Å². The van der Waals surface area contributed by atoms with Crippen LogP contribution in [-0.2, 0) is 27.5 Å². The minimum Gasteiger partial charge on any atom is -0.371 e. The van der Waals surface area contributed by atoms with Crippen LogP contribution in [0.25, 0.3) is 0 Å². The van der Waals surface area contributed by atoms with Crippen molar-refractivity contribution in [2.24, 2.45) is 0 Å². The molecule has 0 N–H and O–H groups in total. The van der Waals surface area contributed by atoms with Gasteiger partial charge in [0.15, 0.2) is 0 Å². The number of rotatable bonds is 10. The van der Waals surface area contributed by atoms with Gasteiger partial charge in [-0.2, -0.15) is 0 Å². The first-order valence-corrected chi connectivity index (χ1v) is 9.44. The number of hydrogen-bond donors (Lipinski definition) is 0. The summed E-state index contributed by atoms with van der Waals surface area (Å²) >= 11 is 0. The van der Waals surface area contributed by atoms with Gasteiger partial charge in [-0.3, -0.25) is 0 Å². The van der Waals surface area contributed by atoms with E-state index in [9.17, 15) is 0 Å². The van der Waals surface area contributed by atoms with Crippen LogP contribution in [0.4, 0.5) is 0 Å². The van der Waals surface area contributed by atoms with Crippen molar-refractivity contribution in [1.29, 1.82) is 0 Å². The number of ether oxygens (including phenoxy) is 3. The van der Waals surface area contributed by atoms with E-state index in [1.165, 1.54) is 0 Å². The quantitative estimate of drug-likeness (QED) is 0.434. The van der Waals surface area contributed by atoms with Gasteiger partial charge in [-0.1, -0.05) is 6.58 Å². The average Bonchev–Trinajstić information content (AvgIpc) is 2.48. The summed E-state index contributed by atoms with van der Waals surface area (Å²) in [5.41, 5.74) is 0.934. The fourth-order valence-corrected chi connectivity index (χ4v) is 2.97. The fourth-order valence-electron chi connectivity index (χ4n) is 1.16. The summed E-state index contributed by atoms with van der Waals surface area (Å²) in [6, 6.07) is 0. The van der Waals surface area contributed by atoms with E-state index in [0.717, 1.165) is 0 Å². The molecular formula is C12H30O6Si2. The van der Waals surface area contributed by atoms with Gasteiger partial charge in [0.05, 0.1) is 0 Å². The van der Waals surface area contributed by atoms with Crippen LogP contribution in [0.1, 0.15) is 20.8 Å². The molecule has 0 atom stereocenters. The Hall–Kier alpha value is -0.0662. The zero-order valence-corrected chi connectivity index (χ0v) is 16.9. The number of hydrogen-bond acceptors (Lipinski definition) is 6. The highest BCUT2D eigenvalue weighted by Crippen LogP contribution is 2.10. The van der Waals surface area contributed by atoms with E-state index in [0.29, 0.717) is 30.1 Å². The molecule has 0 saturated heterocycles. The fraction of sp³-hybridized carbons (Fsp3) is 0.833. The Balaban J connectivity index is 0. The maximum Gasteiger partial charge on any atom is 0.528 e. The van der Waals surface area contributed by atoms with Gasteiger partial charge in [-0.15, -0.1) is 0 Å². The molecule has 20 heavy (non-hydrogen) atoms. The molecule has 0 aliphatic carbocycles. The van der Waals surface area contributed by atoms with Crippen LogP contribution in [0.15, 0.2) is 12.3 Å². The standard InChI is InChI=1S/C8H18O3Si.C4H12O3Si/c1-5-9-12(8-4,10-6-2)11-7-3;1-5-4(8,6-2)7-3/h8H,4-7H2,1-3H3;1-3,8H3. The van der Waals surface area contributed by atoms with Gasteiger partial charge in [0, 0.05) is 41.2 Å². The molecule has 0 aliphatic rings. The Kier molecular flexibility index (Phi) is 14.1. The molecule has 0 unspecified atom stereocenters. The molecular weight excluding hydrogens is 296 g/mol. The highest BCUT2D eigenvalue weighted by Gasteiger charge is 2.36. The Morgan fingerprint density at radius 1 is 0.900 bits per heavy atom. The SMILES string of the molecule is C=C[Si](OCC)(OCC)OCC.COC([SiH3])(OC)OC. The van der Waals surface area contributed by atoms with Crippen LogP contribution >= 0.6 is 0 Å². The second kappa shape index (κ2) is 12.7. The molecule has 0 aliphatic heterocycles. The lowest BCUT2D eigenvalue weighted by atomic mass is 10.9. The van der Waals surface area contributed by atoms with Gasteiger partial charge in [0.2, 0.25) is 5.60 Å². The van der Waals surface area contributed by atoms with Gasteiger partial charge in [-0.05, 0) is 26.5 Å². The lowest BCUT2D eigenvalue weighted by molar-refractivity contribution is -0.292. The first-order chi connectivity index (χ1) is 9.42. The lowest BCUT2D eigenvalue weighted by Gasteiger charge is -2.24. The monoisotopic (exact) mass is 326 g/mol. The summed E-state index contributed by atoms with van der Waals surface area (Å²) < 4.78 is 30.9. The third-order valence-corrected chi connectivity index (χ3v) is 6.20. The second-order valence-corrected chi connectivity index (χ2v) is 7.29.